The maximum Gasteiger partial charge on any atom is 0.417 e. The lowest BCUT2D eigenvalue weighted by atomic mass is 9.94. The minimum absolute atomic E-state index is 0.199. The van der Waals surface area contributed by atoms with Crippen LogP contribution >= 0.6 is 0 Å². The summed E-state index contributed by atoms with van der Waals surface area (Å²) >= 11 is 0. The summed E-state index contributed by atoms with van der Waals surface area (Å²) in [5.74, 6) is -16.3. The molecule has 1 saturated heterocycles. The molecule has 2 aliphatic rings. The van der Waals surface area contributed by atoms with Crippen molar-refractivity contribution in [1.29, 1.82) is 0 Å². The molecule has 1 fully saturated rings. The van der Waals surface area contributed by atoms with Crippen LogP contribution in [0.2, 0.25) is 0 Å². The number of halogens is 5. The number of carbonyl (C=O) groups excluding carboxylic acids is 3. The average Bonchev–Trinajstić information content (AvgIpc) is 3.48. The Morgan fingerprint density at radius 1 is 1.03 bits per heavy atom. The molecule has 0 radical (unpaired) electrons. The van der Waals surface area contributed by atoms with Crippen LogP contribution in [0, 0.1) is 34.5 Å². The number of cyclic esters (lactones) is 1. The number of benzene rings is 2. The molecule has 0 aromatic heterocycles. The van der Waals surface area contributed by atoms with Gasteiger partial charge in [0.1, 0.15) is 12.6 Å². The predicted octanol–water partition coefficient (Wildman–Crippen LogP) is 5.12. The van der Waals surface area contributed by atoms with Gasteiger partial charge in [0, 0.05) is 0 Å². The van der Waals surface area contributed by atoms with Crippen molar-refractivity contribution in [2.75, 3.05) is 6.61 Å². The number of hydrogen-bond acceptors (Lipinski definition) is 5. The fourth-order valence-electron chi connectivity index (χ4n) is 3.94. The second-order valence-corrected chi connectivity index (χ2v) is 8.05. The maximum absolute atomic E-state index is 14.1. The van der Waals surface area contributed by atoms with Crippen LogP contribution in [0.5, 0.6) is 5.75 Å². The van der Waals surface area contributed by atoms with Crippen molar-refractivity contribution in [2.45, 2.75) is 32.2 Å². The molecule has 2 atom stereocenters. The quantitative estimate of drug-likeness (QED) is 0.101. The van der Waals surface area contributed by atoms with Crippen LogP contribution < -0.4 is 4.74 Å². The highest BCUT2D eigenvalue weighted by molar-refractivity contribution is 6.17. The van der Waals surface area contributed by atoms with Gasteiger partial charge in [-0.25, -0.2) is 27.7 Å². The molecule has 184 valence electrons. The van der Waals surface area contributed by atoms with E-state index in [1.54, 1.807) is 30.3 Å². The van der Waals surface area contributed by atoms with Gasteiger partial charge in [0.25, 0.3) is 5.91 Å². The summed E-state index contributed by atoms with van der Waals surface area (Å²) in [6.45, 7) is 1.63. The van der Waals surface area contributed by atoms with Crippen molar-refractivity contribution in [1.82, 2.24) is 4.90 Å². The van der Waals surface area contributed by atoms with Gasteiger partial charge in [0.2, 0.25) is 34.8 Å². The summed E-state index contributed by atoms with van der Waals surface area (Å²) in [7, 11) is 0. The van der Waals surface area contributed by atoms with Crippen LogP contribution in [-0.2, 0) is 14.3 Å². The highest BCUT2D eigenvalue weighted by atomic mass is 19.2. The van der Waals surface area contributed by atoms with E-state index in [9.17, 15) is 36.3 Å². The smallest absolute Gasteiger partial charge is 0.417 e. The first-order chi connectivity index (χ1) is 16.6. The van der Waals surface area contributed by atoms with E-state index >= 15 is 0 Å². The number of rotatable bonds is 7. The van der Waals surface area contributed by atoms with Gasteiger partial charge in [-0.3, -0.25) is 4.79 Å². The third kappa shape index (κ3) is 3.94. The largest absolute Gasteiger partial charge is 0.446 e. The molecule has 0 N–H and O–H groups in total. The third-order valence-corrected chi connectivity index (χ3v) is 5.91. The monoisotopic (exact) mass is 495 g/mol. The van der Waals surface area contributed by atoms with E-state index in [1.165, 1.54) is 0 Å². The highest BCUT2D eigenvalue weighted by Gasteiger charge is 2.63. The van der Waals surface area contributed by atoms with Crippen molar-refractivity contribution in [3.8, 4) is 5.75 Å². The first-order valence-electron chi connectivity index (χ1n) is 10.7. The molecule has 0 unspecified atom stereocenters. The lowest BCUT2D eigenvalue weighted by Crippen LogP contribution is -2.46. The molecule has 1 heterocycles. The molecule has 35 heavy (non-hydrogen) atoms. The predicted molar refractivity (Wildman–Crippen MR) is 109 cm³/mol. The Morgan fingerprint density at radius 2 is 1.63 bits per heavy atom. The van der Waals surface area contributed by atoms with E-state index in [0.29, 0.717) is 23.3 Å². The zero-order chi connectivity index (χ0) is 25.5. The zero-order valence-electron chi connectivity index (χ0n) is 18.2. The minimum atomic E-state index is -2.43. The average molecular weight is 495 g/mol. The van der Waals surface area contributed by atoms with Crippen LogP contribution in [0.4, 0.5) is 26.7 Å². The fraction of sp³-hybridized carbons (Fsp3) is 0.292. The zero-order valence-corrected chi connectivity index (χ0v) is 18.2. The highest BCUT2D eigenvalue weighted by Crippen LogP contribution is 2.51. The van der Waals surface area contributed by atoms with E-state index in [4.69, 9.17) is 4.74 Å². The van der Waals surface area contributed by atoms with Gasteiger partial charge in [-0.1, -0.05) is 49.8 Å². The van der Waals surface area contributed by atoms with Gasteiger partial charge in [-0.2, -0.15) is 8.78 Å². The normalized spacial score (nSPS) is 21.0. The van der Waals surface area contributed by atoms with Gasteiger partial charge in [-0.05, 0) is 24.0 Å². The van der Waals surface area contributed by atoms with Crippen molar-refractivity contribution >= 4 is 18.0 Å². The Balaban J connectivity index is 1.70. The SMILES string of the molecule is CCCCC1=C[C@]1(C(=O)Oc1c(F)c(F)c(F)c(F)c1F)C(=O)N1C(=O)OC[C@@H]1c1ccccc1. The molecule has 2 amide bonds. The number of imide groups is 1. The Hall–Kier alpha value is -3.76. The summed E-state index contributed by atoms with van der Waals surface area (Å²) in [5.41, 5.74) is -1.53. The number of nitrogens with zero attached hydrogens (tertiary/aromatic N) is 1. The van der Waals surface area contributed by atoms with E-state index in [1.807, 2.05) is 6.92 Å². The summed E-state index contributed by atoms with van der Waals surface area (Å²) in [6, 6.07) is 7.39. The first kappa shape index (κ1) is 24.4. The third-order valence-electron chi connectivity index (χ3n) is 5.91. The van der Waals surface area contributed by atoms with E-state index in [2.05, 4.69) is 4.74 Å². The van der Waals surface area contributed by atoms with Crippen molar-refractivity contribution < 1.29 is 45.8 Å². The summed E-state index contributed by atoms with van der Waals surface area (Å²) in [4.78, 5) is 39.8. The van der Waals surface area contributed by atoms with Crippen LogP contribution in [0.3, 0.4) is 0 Å². The maximum atomic E-state index is 14.1. The molecule has 1 aliphatic carbocycles. The van der Waals surface area contributed by atoms with E-state index in [0.717, 1.165) is 6.08 Å². The Bertz CT molecular complexity index is 1220. The lowest BCUT2D eigenvalue weighted by molar-refractivity contribution is -0.149. The first-order valence-corrected chi connectivity index (χ1v) is 10.7. The van der Waals surface area contributed by atoms with E-state index in [-0.39, 0.29) is 18.6 Å². The summed E-state index contributed by atoms with van der Waals surface area (Å²) in [6.07, 6.45) is 1.48. The Labute approximate surface area is 195 Å². The standard InChI is InChI=1S/C24H18F5NO5/c1-2-3-9-13-10-24(13,22(32)35-20-18(28)16(26)15(25)17(27)19(20)29)21(31)30-14(11-34-23(30)33)12-7-5-4-6-8-12/h4-8,10,14H,2-3,9,11H2,1H3/t14-,24-/m1/s1. The van der Waals surface area contributed by atoms with Crippen LogP contribution in [-0.4, -0.2) is 29.5 Å². The van der Waals surface area contributed by atoms with Crippen molar-refractivity contribution in [3.05, 3.63) is 76.6 Å². The van der Waals surface area contributed by atoms with Crippen molar-refractivity contribution in [3.63, 3.8) is 0 Å². The number of ether oxygens (including phenoxy) is 2. The molecule has 11 heteroatoms. The second kappa shape index (κ2) is 9.12. The van der Waals surface area contributed by atoms with Gasteiger partial charge in [0.05, 0.1) is 0 Å². The molecule has 2 aromatic rings. The second-order valence-electron chi connectivity index (χ2n) is 8.05. The Kier molecular flexibility index (Phi) is 6.35. The molecule has 6 nitrogen and oxygen atoms in total. The molecule has 0 spiro atoms. The Morgan fingerprint density at radius 3 is 2.23 bits per heavy atom. The van der Waals surface area contributed by atoms with Gasteiger partial charge in [0.15, 0.2) is 5.41 Å². The molecule has 0 saturated carbocycles. The molecule has 1 aliphatic heterocycles. The van der Waals surface area contributed by atoms with Crippen LogP contribution in [0.25, 0.3) is 0 Å². The summed E-state index contributed by atoms with van der Waals surface area (Å²) in [5, 5.41) is 0. The number of esters is 1. The summed E-state index contributed by atoms with van der Waals surface area (Å²) < 4.78 is 78.4. The van der Waals surface area contributed by atoms with Gasteiger partial charge in [-0.15, -0.1) is 0 Å². The molecular formula is C24H18F5NO5. The number of unbranched alkanes of at least 4 members (excludes halogenated alkanes) is 1. The van der Waals surface area contributed by atoms with Crippen molar-refractivity contribution in [2.24, 2.45) is 5.41 Å². The fourth-order valence-corrected chi connectivity index (χ4v) is 3.94. The topological polar surface area (TPSA) is 72.9 Å². The molecule has 0 bridgehead atoms. The minimum Gasteiger partial charge on any atom is -0.446 e. The van der Waals surface area contributed by atoms with Crippen LogP contribution in [0.1, 0.15) is 37.8 Å². The number of amides is 2. The molecule has 4 rings (SSSR count). The molecule has 2 aromatic carbocycles. The lowest BCUT2D eigenvalue weighted by Gasteiger charge is -2.25. The van der Waals surface area contributed by atoms with E-state index < -0.39 is 64.3 Å². The molecular weight excluding hydrogens is 477 g/mol. The van der Waals surface area contributed by atoms with Gasteiger partial charge < -0.3 is 9.47 Å². The van der Waals surface area contributed by atoms with Gasteiger partial charge >= 0.3 is 12.1 Å². The van der Waals surface area contributed by atoms with Crippen LogP contribution in [0.15, 0.2) is 42.0 Å². The number of hydrogen-bond donors (Lipinski definition) is 0. The number of carbonyl (C=O) groups is 3.